The van der Waals surface area contributed by atoms with Crippen LogP contribution in [-0.2, 0) is 6.54 Å². The maximum Gasteiger partial charge on any atom is 0.180 e. The second-order valence-corrected chi connectivity index (χ2v) is 5.22. The Morgan fingerprint density at radius 1 is 1.38 bits per heavy atom. The van der Waals surface area contributed by atoms with Crippen molar-refractivity contribution in [2.24, 2.45) is 11.8 Å². The summed E-state index contributed by atoms with van der Waals surface area (Å²) >= 11 is 0. The first-order valence-electron chi connectivity index (χ1n) is 6.36. The van der Waals surface area contributed by atoms with E-state index in [0.717, 1.165) is 24.1 Å². The third-order valence-electron chi connectivity index (χ3n) is 3.77. The molecule has 1 saturated carbocycles. The largest absolute Gasteiger partial charge is 0.451 e. The van der Waals surface area contributed by atoms with Crippen LogP contribution in [0.1, 0.15) is 45.2 Å². The predicted octanol–water partition coefficient (Wildman–Crippen LogP) is 2.98. The topological polar surface area (TPSA) is 38.1 Å². The van der Waals surface area contributed by atoms with Crippen LogP contribution >= 0.6 is 0 Å². The molecule has 1 aromatic heterocycles. The van der Waals surface area contributed by atoms with Crippen LogP contribution in [0.3, 0.4) is 0 Å². The zero-order valence-electron chi connectivity index (χ0n) is 10.3. The quantitative estimate of drug-likeness (QED) is 0.851. The second kappa shape index (κ2) is 5.48. The van der Waals surface area contributed by atoms with Crippen molar-refractivity contribution in [3.05, 3.63) is 18.4 Å². The molecule has 1 aromatic rings. The molecule has 1 heterocycles. The van der Waals surface area contributed by atoms with Gasteiger partial charge in [0.1, 0.15) is 6.26 Å². The van der Waals surface area contributed by atoms with Crippen molar-refractivity contribution in [2.75, 3.05) is 0 Å². The van der Waals surface area contributed by atoms with Crippen LogP contribution in [0.25, 0.3) is 0 Å². The molecule has 16 heavy (non-hydrogen) atoms. The molecular formula is C13H22N2O. The molecule has 1 N–H and O–H groups in total. The second-order valence-electron chi connectivity index (χ2n) is 5.22. The van der Waals surface area contributed by atoms with E-state index in [2.05, 4.69) is 24.1 Å². The number of hydrogen-bond acceptors (Lipinski definition) is 3. The molecule has 0 aliphatic heterocycles. The van der Waals surface area contributed by atoms with E-state index in [1.807, 2.05) is 0 Å². The van der Waals surface area contributed by atoms with Crippen LogP contribution in [0.15, 0.2) is 17.1 Å². The summed E-state index contributed by atoms with van der Waals surface area (Å²) in [6.45, 7) is 5.52. The maximum atomic E-state index is 4.95. The highest BCUT2D eigenvalue weighted by Crippen LogP contribution is 2.29. The molecule has 3 heteroatoms. The van der Waals surface area contributed by atoms with Gasteiger partial charge in [0, 0.05) is 12.6 Å². The van der Waals surface area contributed by atoms with Gasteiger partial charge in [-0.15, -0.1) is 0 Å². The summed E-state index contributed by atoms with van der Waals surface area (Å²) < 4.78 is 4.95. The minimum Gasteiger partial charge on any atom is -0.451 e. The standard InChI is InChI=1S/C13H22N2O/c1-10(2)11-3-5-12(6-4-11)14-7-13-8-16-9-15-13/h8-12,14H,3-7H2,1-2H3. The molecule has 1 fully saturated rings. The fraction of sp³-hybridized carbons (Fsp3) is 0.769. The number of hydrogen-bond donors (Lipinski definition) is 1. The van der Waals surface area contributed by atoms with Gasteiger partial charge in [0.25, 0.3) is 0 Å². The molecule has 0 amide bonds. The van der Waals surface area contributed by atoms with Gasteiger partial charge < -0.3 is 9.73 Å². The molecule has 0 unspecified atom stereocenters. The van der Waals surface area contributed by atoms with Crippen molar-refractivity contribution in [1.29, 1.82) is 0 Å². The fourth-order valence-electron chi connectivity index (χ4n) is 2.56. The van der Waals surface area contributed by atoms with Crippen molar-refractivity contribution in [2.45, 2.75) is 52.1 Å². The number of aromatic nitrogens is 1. The van der Waals surface area contributed by atoms with Crippen molar-refractivity contribution < 1.29 is 4.42 Å². The third kappa shape index (κ3) is 3.08. The first-order valence-corrected chi connectivity index (χ1v) is 6.36. The molecule has 90 valence electrons. The zero-order chi connectivity index (χ0) is 11.4. The Hall–Kier alpha value is -0.830. The van der Waals surface area contributed by atoms with Crippen LogP contribution in [0, 0.1) is 11.8 Å². The van der Waals surface area contributed by atoms with Crippen LogP contribution in [0.4, 0.5) is 0 Å². The number of nitrogens with one attached hydrogen (secondary N) is 1. The van der Waals surface area contributed by atoms with Gasteiger partial charge in [0.05, 0.1) is 5.69 Å². The Bertz CT molecular complexity index is 287. The monoisotopic (exact) mass is 222 g/mol. The Morgan fingerprint density at radius 3 is 2.69 bits per heavy atom. The van der Waals surface area contributed by atoms with Crippen molar-refractivity contribution in [3.8, 4) is 0 Å². The van der Waals surface area contributed by atoms with Gasteiger partial charge in [-0.25, -0.2) is 4.98 Å². The molecule has 0 bridgehead atoms. The minimum atomic E-state index is 0.673. The first kappa shape index (κ1) is 11.6. The SMILES string of the molecule is CC(C)C1CCC(NCc2cocn2)CC1. The molecule has 0 saturated heterocycles. The summed E-state index contributed by atoms with van der Waals surface area (Å²) in [5.41, 5.74) is 1.01. The van der Waals surface area contributed by atoms with Crippen LogP contribution in [-0.4, -0.2) is 11.0 Å². The molecular weight excluding hydrogens is 200 g/mol. The minimum absolute atomic E-state index is 0.673. The van der Waals surface area contributed by atoms with E-state index in [1.54, 1.807) is 6.26 Å². The highest BCUT2D eigenvalue weighted by Gasteiger charge is 2.22. The molecule has 0 atom stereocenters. The fourth-order valence-corrected chi connectivity index (χ4v) is 2.56. The van der Waals surface area contributed by atoms with E-state index in [4.69, 9.17) is 4.42 Å². The lowest BCUT2D eigenvalue weighted by Crippen LogP contribution is -2.33. The van der Waals surface area contributed by atoms with E-state index < -0.39 is 0 Å². The van der Waals surface area contributed by atoms with Gasteiger partial charge in [0.15, 0.2) is 6.39 Å². The highest BCUT2D eigenvalue weighted by molar-refractivity contribution is 4.91. The van der Waals surface area contributed by atoms with E-state index in [9.17, 15) is 0 Å². The average Bonchev–Trinajstić information content (AvgIpc) is 2.80. The summed E-state index contributed by atoms with van der Waals surface area (Å²) in [6, 6.07) is 0.673. The normalized spacial score (nSPS) is 26.2. The van der Waals surface area contributed by atoms with Gasteiger partial charge >= 0.3 is 0 Å². The van der Waals surface area contributed by atoms with Crippen molar-refractivity contribution in [3.63, 3.8) is 0 Å². The van der Waals surface area contributed by atoms with Crippen LogP contribution < -0.4 is 5.32 Å². The number of nitrogens with zero attached hydrogens (tertiary/aromatic N) is 1. The van der Waals surface area contributed by atoms with Gasteiger partial charge in [0.2, 0.25) is 0 Å². The Kier molecular flexibility index (Phi) is 3.99. The zero-order valence-corrected chi connectivity index (χ0v) is 10.3. The summed E-state index contributed by atoms with van der Waals surface area (Å²) in [5, 5.41) is 3.56. The summed E-state index contributed by atoms with van der Waals surface area (Å²) in [5.74, 6) is 1.78. The van der Waals surface area contributed by atoms with Gasteiger partial charge in [-0.05, 0) is 37.5 Å². The maximum absolute atomic E-state index is 4.95. The third-order valence-corrected chi connectivity index (χ3v) is 3.77. The van der Waals surface area contributed by atoms with Crippen molar-refractivity contribution >= 4 is 0 Å². The lowest BCUT2D eigenvalue weighted by atomic mass is 9.80. The highest BCUT2D eigenvalue weighted by atomic mass is 16.3. The van der Waals surface area contributed by atoms with E-state index in [1.165, 1.54) is 32.1 Å². The molecule has 1 aliphatic carbocycles. The molecule has 2 rings (SSSR count). The van der Waals surface area contributed by atoms with Crippen molar-refractivity contribution in [1.82, 2.24) is 10.3 Å². The molecule has 0 radical (unpaired) electrons. The lowest BCUT2D eigenvalue weighted by Gasteiger charge is -2.31. The molecule has 3 nitrogen and oxygen atoms in total. The Balaban J connectivity index is 1.69. The van der Waals surface area contributed by atoms with Crippen LogP contribution in [0.2, 0.25) is 0 Å². The first-order chi connectivity index (χ1) is 7.75. The summed E-state index contributed by atoms with van der Waals surface area (Å²) in [7, 11) is 0. The Labute approximate surface area is 97.6 Å². The lowest BCUT2D eigenvalue weighted by molar-refractivity contribution is 0.238. The number of oxazole rings is 1. The predicted molar refractivity (Wildman–Crippen MR) is 63.9 cm³/mol. The Morgan fingerprint density at radius 2 is 2.12 bits per heavy atom. The van der Waals surface area contributed by atoms with Gasteiger partial charge in [-0.1, -0.05) is 13.8 Å². The average molecular weight is 222 g/mol. The van der Waals surface area contributed by atoms with E-state index in [0.29, 0.717) is 6.04 Å². The molecule has 0 aromatic carbocycles. The number of rotatable bonds is 4. The summed E-state index contributed by atoms with van der Waals surface area (Å²) in [6.07, 6.45) is 8.56. The smallest absolute Gasteiger partial charge is 0.180 e. The van der Waals surface area contributed by atoms with Gasteiger partial charge in [-0.2, -0.15) is 0 Å². The van der Waals surface area contributed by atoms with E-state index >= 15 is 0 Å². The molecule has 0 spiro atoms. The van der Waals surface area contributed by atoms with Crippen LogP contribution in [0.5, 0.6) is 0 Å². The van der Waals surface area contributed by atoms with Gasteiger partial charge in [-0.3, -0.25) is 0 Å². The summed E-state index contributed by atoms with van der Waals surface area (Å²) in [4.78, 5) is 4.11. The van der Waals surface area contributed by atoms with E-state index in [-0.39, 0.29) is 0 Å². The molecule has 1 aliphatic rings.